The number of benzene rings is 1. The van der Waals surface area contributed by atoms with Crippen LogP contribution in [0.3, 0.4) is 0 Å². The molecular weight excluding hydrogens is 248 g/mol. The second kappa shape index (κ2) is 4.05. The van der Waals surface area contributed by atoms with E-state index in [1.54, 1.807) is 6.08 Å². The lowest BCUT2D eigenvalue weighted by Gasteiger charge is -2.41. The molecule has 0 bridgehead atoms. The van der Waals surface area contributed by atoms with Crippen molar-refractivity contribution in [3.05, 3.63) is 40.5 Å². The van der Waals surface area contributed by atoms with E-state index in [1.165, 1.54) is 22.3 Å². The van der Waals surface area contributed by atoms with Crippen LogP contribution in [0.5, 0.6) is 0 Å². The fourth-order valence-electron chi connectivity index (χ4n) is 4.58. The first-order chi connectivity index (χ1) is 9.59. The van der Waals surface area contributed by atoms with E-state index in [-0.39, 0.29) is 17.3 Å². The van der Waals surface area contributed by atoms with Crippen LogP contribution in [0.25, 0.3) is 6.08 Å². The van der Waals surface area contributed by atoms with Crippen molar-refractivity contribution in [2.45, 2.75) is 51.0 Å². The number of hydrogen-bond donors (Lipinski definition) is 1. The van der Waals surface area contributed by atoms with Crippen molar-refractivity contribution in [1.82, 2.24) is 0 Å². The van der Waals surface area contributed by atoms with E-state index < -0.39 is 0 Å². The average molecular weight is 268 g/mol. The third-order valence-electron chi connectivity index (χ3n) is 5.86. The Morgan fingerprint density at radius 1 is 1.25 bits per heavy atom. The van der Waals surface area contributed by atoms with E-state index in [0.29, 0.717) is 12.3 Å². The molecular formula is C18H20O2. The van der Waals surface area contributed by atoms with Crippen LogP contribution in [0.4, 0.5) is 0 Å². The van der Waals surface area contributed by atoms with Crippen LogP contribution >= 0.6 is 0 Å². The van der Waals surface area contributed by atoms with E-state index in [9.17, 15) is 9.90 Å². The first-order valence-corrected chi connectivity index (χ1v) is 7.63. The third-order valence-corrected chi connectivity index (χ3v) is 5.86. The molecule has 0 saturated heterocycles. The number of aliphatic hydroxyl groups is 1. The van der Waals surface area contributed by atoms with Gasteiger partial charge in [0.2, 0.25) is 0 Å². The topological polar surface area (TPSA) is 37.3 Å². The van der Waals surface area contributed by atoms with Gasteiger partial charge in [-0.05, 0) is 59.9 Å². The van der Waals surface area contributed by atoms with Crippen LogP contribution in [0.2, 0.25) is 0 Å². The number of carbonyl (C=O) groups is 1. The molecule has 0 aromatic heterocycles. The predicted molar refractivity (Wildman–Crippen MR) is 78.6 cm³/mol. The van der Waals surface area contributed by atoms with Crippen molar-refractivity contribution >= 4 is 11.9 Å². The van der Waals surface area contributed by atoms with E-state index in [4.69, 9.17) is 0 Å². The number of rotatable bonds is 0. The first kappa shape index (κ1) is 12.3. The van der Waals surface area contributed by atoms with Gasteiger partial charge in [0.1, 0.15) is 0 Å². The number of aliphatic hydroxyl groups excluding tert-OH is 1. The quantitative estimate of drug-likeness (QED) is 0.785. The summed E-state index contributed by atoms with van der Waals surface area (Å²) in [5.41, 5.74) is 5.37. The Kier molecular flexibility index (Phi) is 2.50. The van der Waals surface area contributed by atoms with Gasteiger partial charge in [-0.3, -0.25) is 4.79 Å². The van der Waals surface area contributed by atoms with Crippen molar-refractivity contribution < 1.29 is 9.90 Å². The minimum absolute atomic E-state index is 0.0510. The highest BCUT2D eigenvalue weighted by Crippen LogP contribution is 2.56. The molecule has 3 aliphatic carbocycles. The number of ketones is 1. The number of fused-ring (bicyclic) bond motifs is 5. The minimum Gasteiger partial charge on any atom is -0.393 e. The summed E-state index contributed by atoms with van der Waals surface area (Å²) < 4.78 is 0. The zero-order chi connectivity index (χ0) is 13.9. The molecule has 0 heterocycles. The maximum absolute atomic E-state index is 11.6. The number of hydrogen-bond acceptors (Lipinski definition) is 2. The summed E-state index contributed by atoms with van der Waals surface area (Å²) in [7, 11) is 0. The van der Waals surface area contributed by atoms with Crippen LogP contribution in [-0.4, -0.2) is 17.0 Å². The SMILES string of the molecule is C[C@]12CCc3c(ccc4c3C=CC(=O)C4)[C@@H]1CC[C@@H]2O. The molecule has 104 valence electrons. The second-order valence-corrected chi connectivity index (χ2v) is 6.83. The molecule has 3 atom stereocenters. The largest absolute Gasteiger partial charge is 0.393 e. The predicted octanol–water partition coefficient (Wildman–Crippen LogP) is 3.02. The summed E-state index contributed by atoms with van der Waals surface area (Å²) in [4.78, 5) is 11.6. The van der Waals surface area contributed by atoms with E-state index in [1.807, 2.05) is 6.08 Å². The number of carbonyl (C=O) groups excluding carboxylic acids is 1. The molecule has 0 amide bonds. The molecule has 4 rings (SSSR count). The maximum Gasteiger partial charge on any atom is 0.160 e. The minimum atomic E-state index is -0.159. The van der Waals surface area contributed by atoms with E-state index >= 15 is 0 Å². The molecule has 0 radical (unpaired) electrons. The van der Waals surface area contributed by atoms with Crippen molar-refractivity contribution in [2.75, 3.05) is 0 Å². The second-order valence-electron chi connectivity index (χ2n) is 6.83. The Morgan fingerprint density at radius 3 is 2.95 bits per heavy atom. The lowest BCUT2D eigenvalue weighted by Crippen LogP contribution is -2.35. The highest BCUT2D eigenvalue weighted by Gasteiger charge is 2.49. The van der Waals surface area contributed by atoms with Crippen LogP contribution in [0, 0.1) is 5.41 Å². The monoisotopic (exact) mass is 268 g/mol. The smallest absolute Gasteiger partial charge is 0.160 e. The number of allylic oxidation sites excluding steroid dienone is 1. The van der Waals surface area contributed by atoms with Crippen molar-refractivity contribution in [3.8, 4) is 0 Å². The highest BCUT2D eigenvalue weighted by atomic mass is 16.3. The average Bonchev–Trinajstić information content (AvgIpc) is 2.74. The molecule has 2 nitrogen and oxygen atoms in total. The molecule has 2 heteroatoms. The Hall–Kier alpha value is -1.41. The summed E-state index contributed by atoms with van der Waals surface area (Å²) in [6.45, 7) is 2.25. The molecule has 0 unspecified atom stereocenters. The normalized spacial score (nSPS) is 34.6. The molecule has 1 fully saturated rings. The summed E-state index contributed by atoms with van der Waals surface area (Å²) in [5, 5.41) is 10.3. The zero-order valence-corrected chi connectivity index (χ0v) is 11.9. The third kappa shape index (κ3) is 1.51. The summed E-state index contributed by atoms with van der Waals surface area (Å²) >= 11 is 0. The van der Waals surface area contributed by atoms with Gasteiger partial charge in [0.25, 0.3) is 0 Å². The molecule has 1 N–H and O–H groups in total. The van der Waals surface area contributed by atoms with Gasteiger partial charge in [-0.25, -0.2) is 0 Å². The summed E-state index contributed by atoms with van der Waals surface area (Å²) in [5.74, 6) is 0.687. The van der Waals surface area contributed by atoms with Crippen molar-refractivity contribution in [1.29, 1.82) is 0 Å². The first-order valence-electron chi connectivity index (χ1n) is 7.63. The molecule has 0 aliphatic heterocycles. The molecule has 1 aromatic carbocycles. The van der Waals surface area contributed by atoms with Crippen LogP contribution in [0.1, 0.15) is 54.4 Å². The van der Waals surface area contributed by atoms with E-state index in [2.05, 4.69) is 19.1 Å². The fourth-order valence-corrected chi connectivity index (χ4v) is 4.58. The van der Waals surface area contributed by atoms with Gasteiger partial charge in [-0.15, -0.1) is 0 Å². The van der Waals surface area contributed by atoms with Crippen LogP contribution in [0.15, 0.2) is 18.2 Å². The van der Waals surface area contributed by atoms with Gasteiger partial charge in [0.15, 0.2) is 5.78 Å². The summed E-state index contributed by atoms with van der Waals surface area (Å²) in [6.07, 6.45) is 8.22. The Labute approximate surface area is 119 Å². The molecule has 1 aromatic rings. The van der Waals surface area contributed by atoms with Gasteiger partial charge in [-0.1, -0.05) is 25.1 Å². The fraction of sp³-hybridized carbons (Fsp3) is 0.500. The van der Waals surface area contributed by atoms with Crippen molar-refractivity contribution in [3.63, 3.8) is 0 Å². The molecule has 20 heavy (non-hydrogen) atoms. The lowest BCUT2D eigenvalue weighted by molar-refractivity contribution is -0.114. The Morgan fingerprint density at radius 2 is 2.10 bits per heavy atom. The van der Waals surface area contributed by atoms with Gasteiger partial charge in [-0.2, -0.15) is 0 Å². The summed E-state index contributed by atoms with van der Waals surface area (Å²) in [6, 6.07) is 4.35. The molecule has 0 spiro atoms. The molecule has 3 aliphatic rings. The van der Waals surface area contributed by atoms with E-state index in [0.717, 1.165) is 25.7 Å². The van der Waals surface area contributed by atoms with Crippen LogP contribution < -0.4 is 0 Å². The van der Waals surface area contributed by atoms with Crippen LogP contribution in [-0.2, 0) is 17.6 Å². The van der Waals surface area contributed by atoms with Gasteiger partial charge < -0.3 is 5.11 Å². The maximum atomic E-state index is 11.6. The zero-order valence-electron chi connectivity index (χ0n) is 11.9. The molecule has 1 saturated carbocycles. The standard InChI is InChI=1S/C18H20O2/c1-18-9-8-14-13-5-3-12(19)10-11(13)2-4-15(14)16(18)6-7-17(18)20/h2-5,16-17,20H,6-10H2,1H3/t16-,17-,18-/m0/s1. The lowest BCUT2D eigenvalue weighted by atomic mass is 9.65. The van der Waals surface area contributed by atoms with Gasteiger partial charge >= 0.3 is 0 Å². The highest BCUT2D eigenvalue weighted by molar-refractivity contribution is 5.98. The Bertz CT molecular complexity index is 629. The van der Waals surface area contributed by atoms with Gasteiger partial charge in [0.05, 0.1) is 6.10 Å². The Balaban J connectivity index is 1.86. The van der Waals surface area contributed by atoms with Crippen molar-refractivity contribution in [2.24, 2.45) is 5.41 Å². The van der Waals surface area contributed by atoms with Gasteiger partial charge in [0, 0.05) is 11.8 Å².